The second-order valence-electron chi connectivity index (χ2n) is 4.49. The Morgan fingerprint density at radius 3 is 2.93 bits per heavy atom. The van der Waals surface area contributed by atoms with Gasteiger partial charge in [-0.15, -0.1) is 0 Å². The summed E-state index contributed by atoms with van der Waals surface area (Å²) in [5, 5.41) is 0. The van der Waals surface area contributed by atoms with Crippen LogP contribution in [0.25, 0.3) is 0 Å². The molecular weight excluding hydrogens is 172 g/mol. The summed E-state index contributed by atoms with van der Waals surface area (Å²) in [5.41, 5.74) is 7.41. The first kappa shape index (κ1) is 9.66. The zero-order valence-corrected chi connectivity index (χ0v) is 8.69. The molecule has 0 radical (unpaired) electrons. The maximum Gasteiger partial charge on any atom is 0.0338 e. The number of aromatic nitrogens is 1. The molecule has 76 valence electrons. The average Bonchev–Trinajstić information content (AvgIpc) is 2.65. The Morgan fingerprint density at radius 1 is 1.50 bits per heavy atom. The van der Waals surface area contributed by atoms with Crippen LogP contribution in [0.5, 0.6) is 0 Å². The molecule has 3 unspecified atom stereocenters. The van der Waals surface area contributed by atoms with Crippen molar-refractivity contribution in [2.45, 2.75) is 32.2 Å². The Balaban J connectivity index is 2.05. The van der Waals surface area contributed by atoms with E-state index in [2.05, 4.69) is 18.0 Å². The molecule has 2 nitrogen and oxygen atoms in total. The molecule has 0 aromatic carbocycles. The van der Waals surface area contributed by atoms with Gasteiger partial charge in [0.05, 0.1) is 0 Å². The third kappa shape index (κ3) is 1.95. The number of pyridine rings is 1. The van der Waals surface area contributed by atoms with Gasteiger partial charge in [0.15, 0.2) is 0 Å². The topological polar surface area (TPSA) is 38.9 Å². The smallest absolute Gasteiger partial charge is 0.0338 e. The summed E-state index contributed by atoms with van der Waals surface area (Å²) in [6, 6.07) is 4.24. The van der Waals surface area contributed by atoms with Crippen LogP contribution in [0.2, 0.25) is 0 Å². The second-order valence-corrected chi connectivity index (χ2v) is 4.49. The van der Waals surface area contributed by atoms with Crippen molar-refractivity contribution in [2.75, 3.05) is 0 Å². The van der Waals surface area contributed by atoms with E-state index in [4.69, 9.17) is 5.73 Å². The molecule has 2 N–H and O–H groups in total. The highest BCUT2D eigenvalue weighted by atomic mass is 14.7. The molecule has 1 aromatic rings. The molecule has 1 saturated carbocycles. The fourth-order valence-corrected chi connectivity index (χ4v) is 2.42. The summed E-state index contributed by atoms with van der Waals surface area (Å²) in [6.07, 6.45) is 7.58. The van der Waals surface area contributed by atoms with Gasteiger partial charge in [0.2, 0.25) is 0 Å². The van der Waals surface area contributed by atoms with Gasteiger partial charge in [0, 0.05) is 18.4 Å². The summed E-state index contributed by atoms with van der Waals surface area (Å²) in [4.78, 5) is 4.12. The third-order valence-corrected chi connectivity index (χ3v) is 3.31. The monoisotopic (exact) mass is 190 g/mol. The second kappa shape index (κ2) is 4.09. The average molecular weight is 190 g/mol. The predicted molar refractivity (Wildman–Crippen MR) is 57.7 cm³/mol. The van der Waals surface area contributed by atoms with Crippen LogP contribution in [0.3, 0.4) is 0 Å². The maximum atomic E-state index is 6.22. The van der Waals surface area contributed by atoms with E-state index in [1.165, 1.54) is 24.8 Å². The summed E-state index contributed by atoms with van der Waals surface area (Å²) in [5.74, 6) is 1.51. The zero-order valence-electron chi connectivity index (χ0n) is 8.69. The van der Waals surface area contributed by atoms with E-state index in [1.54, 1.807) is 6.20 Å². The molecule has 14 heavy (non-hydrogen) atoms. The van der Waals surface area contributed by atoms with Crippen LogP contribution < -0.4 is 5.73 Å². The third-order valence-electron chi connectivity index (χ3n) is 3.31. The number of nitrogens with two attached hydrogens (primary N) is 1. The van der Waals surface area contributed by atoms with Gasteiger partial charge in [-0.2, -0.15) is 0 Å². The van der Waals surface area contributed by atoms with E-state index < -0.39 is 0 Å². The number of nitrogens with zero attached hydrogens (tertiary/aromatic N) is 1. The Morgan fingerprint density at radius 2 is 2.36 bits per heavy atom. The van der Waals surface area contributed by atoms with Crippen LogP contribution in [0.15, 0.2) is 24.5 Å². The molecule has 0 spiro atoms. The van der Waals surface area contributed by atoms with Crippen LogP contribution in [0.4, 0.5) is 0 Å². The zero-order chi connectivity index (χ0) is 9.97. The lowest BCUT2D eigenvalue weighted by molar-refractivity contribution is 0.428. The molecule has 2 rings (SSSR count). The fourth-order valence-electron chi connectivity index (χ4n) is 2.42. The van der Waals surface area contributed by atoms with Gasteiger partial charge >= 0.3 is 0 Å². The molecule has 1 aliphatic carbocycles. The molecular formula is C12H18N2. The summed E-state index contributed by atoms with van der Waals surface area (Å²) in [7, 11) is 0. The van der Waals surface area contributed by atoms with Gasteiger partial charge < -0.3 is 5.73 Å². The molecule has 3 atom stereocenters. The van der Waals surface area contributed by atoms with Crippen molar-refractivity contribution in [1.29, 1.82) is 0 Å². The summed E-state index contributed by atoms with van der Waals surface area (Å²) < 4.78 is 0. The van der Waals surface area contributed by atoms with Crippen molar-refractivity contribution < 1.29 is 0 Å². The fraction of sp³-hybridized carbons (Fsp3) is 0.583. The van der Waals surface area contributed by atoms with Crippen LogP contribution in [0.1, 0.15) is 37.8 Å². The van der Waals surface area contributed by atoms with E-state index in [0.29, 0.717) is 5.92 Å². The van der Waals surface area contributed by atoms with Crippen LogP contribution in [-0.4, -0.2) is 4.98 Å². The SMILES string of the molecule is CC1CCC(C(N)c2cccnc2)C1. The summed E-state index contributed by atoms with van der Waals surface area (Å²) in [6.45, 7) is 2.32. The van der Waals surface area contributed by atoms with Crippen molar-refractivity contribution in [2.24, 2.45) is 17.6 Å². The van der Waals surface area contributed by atoms with Crippen LogP contribution in [0, 0.1) is 11.8 Å². The van der Waals surface area contributed by atoms with E-state index in [9.17, 15) is 0 Å². The number of hydrogen-bond donors (Lipinski definition) is 1. The molecule has 0 amide bonds. The molecule has 1 heterocycles. The lowest BCUT2D eigenvalue weighted by Gasteiger charge is -2.18. The molecule has 1 aromatic heterocycles. The molecule has 0 bridgehead atoms. The molecule has 1 fully saturated rings. The Bertz CT molecular complexity index is 284. The Hall–Kier alpha value is -0.890. The molecule has 1 aliphatic rings. The van der Waals surface area contributed by atoms with Gasteiger partial charge in [-0.25, -0.2) is 0 Å². The lowest BCUT2D eigenvalue weighted by atomic mass is 9.93. The van der Waals surface area contributed by atoms with Gasteiger partial charge in [0.25, 0.3) is 0 Å². The normalized spacial score (nSPS) is 29.0. The van der Waals surface area contributed by atoms with E-state index in [0.717, 1.165) is 5.92 Å². The number of hydrogen-bond acceptors (Lipinski definition) is 2. The highest BCUT2D eigenvalue weighted by Gasteiger charge is 2.27. The van der Waals surface area contributed by atoms with Crippen molar-refractivity contribution in [3.05, 3.63) is 30.1 Å². The quantitative estimate of drug-likeness (QED) is 0.778. The van der Waals surface area contributed by atoms with Crippen molar-refractivity contribution >= 4 is 0 Å². The first-order chi connectivity index (χ1) is 6.77. The van der Waals surface area contributed by atoms with Gasteiger partial charge in [-0.05, 0) is 36.3 Å². The minimum absolute atomic E-state index is 0.189. The van der Waals surface area contributed by atoms with Crippen molar-refractivity contribution in [3.8, 4) is 0 Å². The standard InChI is InChI=1S/C12H18N2/c1-9-4-5-10(7-9)12(13)11-3-2-6-14-8-11/h2-3,6,8-10,12H,4-5,7,13H2,1H3. The minimum Gasteiger partial charge on any atom is -0.324 e. The number of rotatable bonds is 2. The molecule has 0 aliphatic heterocycles. The first-order valence-electron chi connectivity index (χ1n) is 5.43. The van der Waals surface area contributed by atoms with E-state index >= 15 is 0 Å². The van der Waals surface area contributed by atoms with Gasteiger partial charge in [-0.1, -0.05) is 19.4 Å². The van der Waals surface area contributed by atoms with E-state index in [-0.39, 0.29) is 6.04 Å². The highest BCUT2D eigenvalue weighted by Crippen LogP contribution is 2.37. The molecule has 2 heteroatoms. The van der Waals surface area contributed by atoms with E-state index in [1.807, 2.05) is 12.3 Å². The van der Waals surface area contributed by atoms with Crippen LogP contribution >= 0.6 is 0 Å². The maximum absolute atomic E-state index is 6.22. The van der Waals surface area contributed by atoms with Crippen molar-refractivity contribution in [3.63, 3.8) is 0 Å². The first-order valence-corrected chi connectivity index (χ1v) is 5.43. The Kier molecular flexibility index (Phi) is 2.82. The Labute approximate surface area is 85.5 Å². The van der Waals surface area contributed by atoms with Crippen molar-refractivity contribution in [1.82, 2.24) is 4.98 Å². The predicted octanol–water partition coefficient (Wildman–Crippen LogP) is 2.52. The van der Waals surface area contributed by atoms with Crippen LogP contribution in [-0.2, 0) is 0 Å². The highest BCUT2D eigenvalue weighted by molar-refractivity contribution is 5.14. The molecule has 0 saturated heterocycles. The summed E-state index contributed by atoms with van der Waals surface area (Å²) >= 11 is 0. The largest absolute Gasteiger partial charge is 0.324 e. The van der Waals surface area contributed by atoms with Gasteiger partial charge in [-0.3, -0.25) is 4.98 Å². The minimum atomic E-state index is 0.189. The lowest BCUT2D eigenvalue weighted by Crippen LogP contribution is -2.19. The van der Waals surface area contributed by atoms with Gasteiger partial charge in [0.1, 0.15) is 0 Å².